The Morgan fingerprint density at radius 2 is 1.92 bits per heavy atom. The van der Waals surface area contributed by atoms with Crippen LogP contribution in [0.25, 0.3) is 0 Å². The summed E-state index contributed by atoms with van der Waals surface area (Å²) in [5.41, 5.74) is 0. The Hall–Kier alpha value is -1.86. The number of carbonyl (C=O) groups is 2. The van der Waals surface area contributed by atoms with Gasteiger partial charge in [0.2, 0.25) is 11.8 Å². The zero-order chi connectivity index (χ0) is 16.8. The van der Waals surface area contributed by atoms with Crippen LogP contribution in [0.15, 0.2) is 22.8 Å². The molecule has 0 aliphatic carbocycles. The first-order valence-corrected chi connectivity index (χ1v) is 8.60. The van der Waals surface area contributed by atoms with Gasteiger partial charge in [-0.15, -0.1) is 0 Å². The van der Waals surface area contributed by atoms with Gasteiger partial charge in [0, 0.05) is 19.0 Å². The molecule has 0 radical (unpaired) electrons. The number of rotatable bonds is 5. The van der Waals surface area contributed by atoms with Crippen LogP contribution >= 0.6 is 0 Å². The third-order valence-corrected chi connectivity index (χ3v) is 4.67. The number of ether oxygens (including phenoxy) is 1. The smallest absolute Gasteiger partial charge is 0.234 e. The van der Waals surface area contributed by atoms with Crippen molar-refractivity contribution in [3.8, 4) is 0 Å². The molecule has 0 aromatic carbocycles. The number of furan rings is 1. The van der Waals surface area contributed by atoms with E-state index in [-0.39, 0.29) is 17.7 Å². The van der Waals surface area contributed by atoms with Gasteiger partial charge >= 0.3 is 0 Å². The lowest BCUT2D eigenvalue weighted by atomic mass is 9.95. The number of likely N-dealkylation sites (tertiary alicyclic amines) is 1. The summed E-state index contributed by atoms with van der Waals surface area (Å²) in [7, 11) is 0. The molecule has 2 fully saturated rings. The molecule has 2 aliphatic heterocycles. The first-order chi connectivity index (χ1) is 11.7. The van der Waals surface area contributed by atoms with E-state index in [0.29, 0.717) is 39.4 Å². The van der Waals surface area contributed by atoms with Crippen molar-refractivity contribution in [2.75, 3.05) is 45.9 Å². The van der Waals surface area contributed by atoms with Gasteiger partial charge in [-0.3, -0.25) is 14.5 Å². The third kappa shape index (κ3) is 4.58. The molecule has 2 saturated heterocycles. The number of piperidine rings is 1. The van der Waals surface area contributed by atoms with Crippen molar-refractivity contribution < 1.29 is 18.7 Å². The SMILES string of the molecule is O=C(CN1CCC(C(=O)N2CCOCC2)CC1)NCc1ccco1. The van der Waals surface area contributed by atoms with Crippen LogP contribution in [0.4, 0.5) is 0 Å². The first kappa shape index (κ1) is 17.0. The Kier molecular flexibility index (Phi) is 5.87. The minimum absolute atomic E-state index is 0.00986. The molecule has 3 rings (SSSR count). The second-order valence-electron chi connectivity index (χ2n) is 6.34. The number of hydrogen-bond acceptors (Lipinski definition) is 5. The lowest BCUT2D eigenvalue weighted by Gasteiger charge is -2.35. The van der Waals surface area contributed by atoms with Crippen LogP contribution in [-0.4, -0.2) is 67.6 Å². The predicted molar refractivity (Wildman–Crippen MR) is 87.1 cm³/mol. The van der Waals surface area contributed by atoms with E-state index in [0.717, 1.165) is 31.7 Å². The average Bonchev–Trinajstić information content (AvgIpc) is 3.14. The first-order valence-electron chi connectivity index (χ1n) is 8.60. The second kappa shape index (κ2) is 8.30. The van der Waals surface area contributed by atoms with Crippen LogP contribution < -0.4 is 5.32 Å². The van der Waals surface area contributed by atoms with E-state index < -0.39 is 0 Å². The molecule has 24 heavy (non-hydrogen) atoms. The fourth-order valence-electron chi connectivity index (χ4n) is 3.24. The molecule has 0 saturated carbocycles. The third-order valence-electron chi connectivity index (χ3n) is 4.67. The molecule has 0 spiro atoms. The van der Waals surface area contributed by atoms with Crippen LogP contribution in [0.1, 0.15) is 18.6 Å². The molecule has 1 aromatic rings. The summed E-state index contributed by atoms with van der Waals surface area (Å²) in [5, 5.41) is 2.85. The Morgan fingerprint density at radius 3 is 2.58 bits per heavy atom. The Bertz CT molecular complexity index is 532. The second-order valence-corrected chi connectivity index (χ2v) is 6.34. The fourth-order valence-corrected chi connectivity index (χ4v) is 3.24. The number of nitrogens with one attached hydrogen (secondary N) is 1. The number of carbonyl (C=O) groups excluding carboxylic acids is 2. The summed E-state index contributed by atoms with van der Waals surface area (Å²) in [6.07, 6.45) is 3.24. The largest absolute Gasteiger partial charge is 0.467 e. The Labute approximate surface area is 141 Å². The van der Waals surface area contributed by atoms with E-state index in [1.807, 2.05) is 11.0 Å². The van der Waals surface area contributed by atoms with Gasteiger partial charge in [-0.05, 0) is 38.1 Å². The molecular weight excluding hydrogens is 310 g/mol. The molecule has 1 N–H and O–H groups in total. The highest BCUT2D eigenvalue weighted by Crippen LogP contribution is 2.20. The Morgan fingerprint density at radius 1 is 1.17 bits per heavy atom. The fraction of sp³-hybridized carbons (Fsp3) is 0.647. The van der Waals surface area contributed by atoms with Gasteiger partial charge in [-0.2, -0.15) is 0 Å². The van der Waals surface area contributed by atoms with Crippen LogP contribution in [0.5, 0.6) is 0 Å². The summed E-state index contributed by atoms with van der Waals surface area (Å²) >= 11 is 0. The average molecular weight is 335 g/mol. The van der Waals surface area contributed by atoms with Crippen molar-refractivity contribution in [2.24, 2.45) is 5.92 Å². The number of nitrogens with zero attached hydrogens (tertiary/aromatic N) is 2. The van der Waals surface area contributed by atoms with Crippen molar-refractivity contribution in [2.45, 2.75) is 19.4 Å². The maximum Gasteiger partial charge on any atom is 0.234 e. The van der Waals surface area contributed by atoms with Crippen molar-refractivity contribution in [3.05, 3.63) is 24.2 Å². The molecule has 0 atom stereocenters. The molecule has 132 valence electrons. The zero-order valence-electron chi connectivity index (χ0n) is 13.9. The Balaban J connectivity index is 1.36. The van der Waals surface area contributed by atoms with Gasteiger partial charge in [-0.25, -0.2) is 0 Å². The van der Waals surface area contributed by atoms with Crippen molar-refractivity contribution in [1.29, 1.82) is 0 Å². The van der Waals surface area contributed by atoms with E-state index >= 15 is 0 Å². The minimum Gasteiger partial charge on any atom is -0.467 e. The van der Waals surface area contributed by atoms with Crippen LogP contribution in [0.2, 0.25) is 0 Å². The van der Waals surface area contributed by atoms with Gasteiger partial charge in [-0.1, -0.05) is 0 Å². The quantitative estimate of drug-likeness (QED) is 0.846. The highest BCUT2D eigenvalue weighted by molar-refractivity contribution is 5.79. The predicted octanol–water partition coefficient (Wildman–Crippen LogP) is 0.467. The maximum absolute atomic E-state index is 12.5. The topological polar surface area (TPSA) is 75.0 Å². The minimum atomic E-state index is -0.00986. The van der Waals surface area contributed by atoms with E-state index in [4.69, 9.17) is 9.15 Å². The highest BCUT2D eigenvalue weighted by Gasteiger charge is 2.29. The van der Waals surface area contributed by atoms with Gasteiger partial charge < -0.3 is 19.4 Å². The monoisotopic (exact) mass is 335 g/mol. The van der Waals surface area contributed by atoms with Crippen molar-refractivity contribution in [3.63, 3.8) is 0 Å². The van der Waals surface area contributed by atoms with Crippen LogP contribution in [0, 0.1) is 5.92 Å². The summed E-state index contributed by atoms with van der Waals surface area (Å²) in [4.78, 5) is 28.5. The number of amides is 2. The lowest BCUT2D eigenvalue weighted by molar-refractivity contribution is -0.141. The molecule has 2 aliphatic rings. The van der Waals surface area contributed by atoms with E-state index in [1.54, 1.807) is 12.3 Å². The molecule has 0 unspecified atom stereocenters. The number of morpholine rings is 1. The van der Waals surface area contributed by atoms with Crippen molar-refractivity contribution in [1.82, 2.24) is 15.1 Å². The molecule has 0 bridgehead atoms. The van der Waals surface area contributed by atoms with E-state index in [9.17, 15) is 9.59 Å². The van der Waals surface area contributed by atoms with Gasteiger partial charge in [0.25, 0.3) is 0 Å². The molecule has 3 heterocycles. The van der Waals surface area contributed by atoms with Gasteiger partial charge in [0.15, 0.2) is 0 Å². The molecular formula is C17H25N3O4. The molecule has 7 heteroatoms. The molecule has 1 aromatic heterocycles. The molecule has 7 nitrogen and oxygen atoms in total. The molecule has 2 amide bonds. The van der Waals surface area contributed by atoms with E-state index in [2.05, 4.69) is 10.2 Å². The zero-order valence-corrected chi connectivity index (χ0v) is 13.9. The normalized spacial score (nSPS) is 20.1. The van der Waals surface area contributed by atoms with Gasteiger partial charge in [0.1, 0.15) is 5.76 Å². The maximum atomic E-state index is 12.5. The van der Waals surface area contributed by atoms with Crippen LogP contribution in [-0.2, 0) is 20.9 Å². The lowest BCUT2D eigenvalue weighted by Crippen LogP contribution is -2.48. The summed E-state index contributed by atoms with van der Waals surface area (Å²) in [6, 6.07) is 3.64. The van der Waals surface area contributed by atoms with E-state index in [1.165, 1.54) is 0 Å². The van der Waals surface area contributed by atoms with Crippen molar-refractivity contribution >= 4 is 11.8 Å². The highest BCUT2D eigenvalue weighted by atomic mass is 16.5. The number of hydrogen-bond donors (Lipinski definition) is 1. The summed E-state index contributed by atoms with van der Waals surface area (Å²) in [5.74, 6) is 1.08. The standard InChI is InChI=1S/C17H25N3O4/c21-16(18-12-15-2-1-9-24-15)13-19-5-3-14(4-6-19)17(22)20-7-10-23-11-8-20/h1-2,9,14H,3-8,10-13H2,(H,18,21). The summed E-state index contributed by atoms with van der Waals surface area (Å²) in [6.45, 7) is 5.05. The van der Waals surface area contributed by atoms with Crippen LogP contribution in [0.3, 0.4) is 0 Å². The van der Waals surface area contributed by atoms with Gasteiger partial charge in [0.05, 0.1) is 32.6 Å². The summed E-state index contributed by atoms with van der Waals surface area (Å²) < 4.78 is 10.5.